The number of piperidine rings is 2. The quantitative estimate of drug-likeness (QED) is 0.212. The first kappa shape index (κ1) is 42.1. The number of rotatable bonds is 10. The van der Waals surface area contributed by atoms with Gasteiger partial charge in [-0.25, -0.2) is 8.42 Å². The van der Waals surface area contributed by atoms with Crippen molar-refractivity contribution in [2.45, 2.75) is 88.7 Å². The molecular weight excluding hydrogens is 768 g/mol. The van der Waals surface area contributed by atoms with Gasteiger partial charge in [0, 0.05) is 49.1 Å². The van der Waals surface area contributed by atoms with Gasteiger partial charge in [0.2, 0.25) is 10.0 Å². The number of hydrogen-bond donors (Lipinski definition) is 2. The van der Waals surface area contributed by atoms with E-state index in [1.807, 2.05) is 0 Å². The van der Waals surface area contributed by atoms with E-state index in [0.717, 1.165) is 21.8 Å². The van der Waals surface area contributed by atoms with Crippen LogP contribution in [0.15, 0.2) is 40.7 Å². The summed E-state index contributed by atoms with van der Waals surface area (Å²) < 4.78 is 138. The number of sulfonamides is 1. The van der Waals surface area contributed by atoms with E-state index in [0.29, 0.717) is 54.3 Å². The summed E-state index contributed by atoms with van der Waals surface area (Å²) in [5.41, 5.74) is -1.48. The van der Waals surface area contributed by atoms with E-state index >= 15 is 0 Å². The number of carbonyl (C=O) groups is 2. The van der Waals surface area contributed by atoms with Gasteiger partial charge < -0.3 is 20.1 Å². The number of nitrogens with one attached hydrogen (secondary N) is 1. The molecule has 1 spiro atoms. The largest absolute Gasteiger partial charge is 0.493 e. The van der Waals surface area contributed by atoms with Gasteiger partial charge >= 0.3 is 18.3 Å². The fourth-order valence-electron chi connectivity index (χ4n) is 6.72. The molecule has 10 nitrogen and oxygen atoms in total. The summed E-state index contributed by atoms with van der Waals surface area (Å²) in [6, 6.07) is 5.92. The number of nitrogens with zero attached hydrogens (tertiary/aromatic N) is 3. The number of aliphatic hydroxyl groups is 1. The second kappa shape index (κ2) is 15.1. The van der Waals surface area contributed by atoms with E-state index in [-0.39, 0.29) is 43.2 Å². The zero-order valence-corrected chi connectivity index (χ0v) is 30.9. The fourth-order valence-corrected chi connectivity index (χ4v) is 7.89. The lowest BCUT2D eigenvalue weighted by Gasteiger charge is -2.36. The lowest BCUT2D eigenvalue weighted by atomic mass is 9.89. The Morgan fingerprint density at radius 2 is 1.56 bits per heavy atom. The van der Waals surface area contributed by atoms with Crippen molar-refractivity contribution in [2.24, 2.45) is 4.99 Å². The number of alkyl halides is 8. The van der Waals surface area contributed by atoms with Gasteiger partial charge in [-0.05, 0) is 106 Å². The highest BCUT2D eigenvalue weighted by Crippen LogP contribution is 2.41. The predicted molar refractivity (Wildman–Crippen MR) is 185 cm³/mol. The standard InChI is InChI=1S/C36H40F8N4O6S/c1-22-19-25(30(49)47-13-9-32(3,51)10-14-47)20-23(2)26(22)7-18-55(52,53)48-15-11-33(12-16-48)31(50)45-29(46-33)24-5-6-28(27(21-24)35(39,40)41)54-17-4-8-34(37,38)36(42,43)44/h5-7,18-21,51H,4,8-17H2,1-3H3,(H,45,46,50)/b18-7+. The van der Waals surface area contributed by atoms with Crippen molar-refractivity contribution in [1.82, 2.24) is 14.5 Å². The molecule has 0 aromatic heterocycles. The lowest BCUT2D eigenvalue weighted by Crippen LogP contribution is -2.50. The van der Waals surface area contributed by atoms with Crippen LogP contribution in [0.4, 0.5) is 35.1 Å². The van der Waals surface area contributed by atoms with E-state index < -0.39 is 76.1 Å². The number of benzene rings is 2. The number of likely N-dealkylation sites (tertiary alicyclic amines) is 1. The molecule has 2 aromatic carbocycles. The third kappa shape index (κ3) is 9.31. The van der Waals surface area contributed by atoms with Crippen LogP contribution in [0.2, 0.25) is 0 Å². The Labute approximate surface area is 312 Å². The zero-order chi connectivity index (χ0) is 40.8. The Hall–Kier alpha value is -4.10. The molecule has 5 rings (SSSR count). The Morgan fingerprint density at radius 1 is 0.964 bits per heavy atom. The van der Waals surface area contributed by atoms with E-state index in [1.165, 1.54) is 6.08 Å². The van der Waals surface area contributed by atoms with Crippen LogP contribution in [0.25, 0.3) is 6.08 Å². The van der Waals surface area contributed by atoms with Crippen LogP contribution in [-0.4, -0.2) is 96.4 Å². The molecule has 2 N–H and O–H groups in total. The molecule has 2 aromatic rings. The maximum absolute atomic E-state index is 13.9. The van der Waals surface area contributed by atoms with Crippen LogP contribution in [-0.2, 0) is 21.0 Å². The topological polar surface area (TPSA) is 129 Å². The average molecular weight is 809 g/mol. The third-order valence-corrected chi connectivity index (χ3v) is 11.7. The first-order valence-electron chi connectivity index (χ1n) is 17.4. The van der Waals surface area contributed by atoms with Crippen molar-refractivity contribution >= 4 is 33.7 Å². The van der Waals surface area contributed by atoms with Crippen LogP contribution >= 0.6 is 0 Å². The minimum Gasteiger partial charge on any atom is -0.493 e. The molecule has 2 amide bonds. The molecule has 302 valence electrons. The highest BCUT2D eigenvalue weighted by atomic mass is 32.2. The lowest BCUT2D eigenvalue weighted by molar-refractivity contribution is -0.284. The summed E-state index contributed by atoms with van der Waals surface area (Å²) in [6.45, 7) is 4.91. The van der Waals surface area contributed by atoms with Gasteiger partial charge in [0.05, 0.1) is 17.8 Å². The van der Waals surface area contributed by atoms with Gasteiger partial charge in [-0.2, -0.15) is 39.4 Å². The molecule has 0 radical (unpaired) electrons. The first-order valence-corrected chi connectivity index (χ1v) is 18.9. The molecule has 0 unspecified atom stereocenters. The highest BCUT2D eigenvalue weighted by Gasteiger charge is 2.56. The molecule has 3 aliphatic rings. The van der Waals surface area contributed by atoms with Gasteiger partial charge in [-0.1, -0.05) is 0 Å². The van der Waals surface area contributed by atoms with E-state index in [4.69, 9.17) is 4.74 Å². The summed E-state index contributed by atoms with van der Waals surface area (Å²) in [5, 5.41) is 13.7. The minimum absolute atomic E-state index is 0.0912. The number of hydrogen-bond acceptors (Lipinski definition) is 7. The molecule has 0 aliphatic carbocycles. The number of halogens is 8. The smallest absolute Gasteiger partial charge is 0.453 e. The number of aryl methyl sites for hydroxylation is 2. The van der Waals surface area contributed by atoms with Gasteiger partial charge in [0.15, 0.2) is 0 Å². The van der Waals surface area contributed by atoms with Gasteiger partial charge in [0.25, 0.3) is 11.8 Å². The molecule has 19 heteroatoms. The van der Waals surface area contributed by atoms with E-state index in [1.54, 1.807) is 37.8 Å². The second-order valence-corrected chi connectivity index (χ2v) is 16.2. The number of amides is 2. The zero-order valence-electron chi connectivity index (χ0n) is 30.1. The Kier molecular flexibility index (Phi) is 11.5. The first-order chi connectivity index (χ1) is 25.3. The molecule has 2 saturated heterocycles. The molecule has 0 bridgehead atoms. The second-order valence-electron chi connectivity index (χ2n) is 14.4. The molecule has 2 fully saturated rings. The van der Waals surface area contributed by atoms with Crippen LogP contribution < -0.4 is 10.1 Å². The van der Waals surface area contributed by atoms with Crippen LogP contribution in [0.3, 0.4) is 0 Å². The van der Waals surface area contributed by atoms with Crippen molar-refractivity contribution in [2.75, 3.05) is 32.8 Å². The summed E-state index contributed by atoms with van der Waals surface area (Å²) >= 11 is 0. The maximum Gasteiger partial charge on any atom is 0.453 e. The average Bonchev–Trinajstić information content (AvgIpc) is 3.39. The van der Waals surface area contributed by atoms with Crippen LogP contribution in [0.1, 0.15) is 83.6 Å². The van der Waals surface area contributed by atoms with Gasteiger partial charge in [-0.3, -0.25) is 14.6 Å². The Morgan fingerprint density at radius 3 is 2.13 bits per heavy atom. The molecule has 3 aliphatic heterocycles. The normalized spacial score (nSPS) is 19.5. The maximum atomic E-state index is 13.9. The summed E-state index contributed by atoms with van der Waals surface area (Å²) in [6.07, 6.45) is -11.3. The van der Waals surface area contributed by atoms with Crippen LogP contribution in [0.5, 0.6) is 5.75 Å². The van der Waals surface area contributed by atoms with Crippen LogP contribution in [0, 0.1) is 13.8 Å². The highest BCUT2D eigenvalue weighted by molar-refractivity contribution is 7.92. The minimum atomic E-state index is -5.81. The molecule has 3 heterocycles. The van der Waals surface area contributed by atoms with E-state index in [2.05, 4.69) is 10.3 Å². The van der Waals surface area contributed by atoms with Crippen molar-refractivity contribution in [3.8, 4) is 5.75 Å². The Balaban J connectivity index is 1.24. The van der Waals surface area contributed by atoms with Gasteiger partial charge in [0.1, 0.15) is 17.1 Å². The van der Waals surface area contributed by atoms with E-state index in [9.17, 15) is 58.2 Å². The van der Waals surface area contributed by atoms with Crippen molar-refractivity contribution in [1.29, 1.82) is 0 Å². The predicted octanol–water partition coefficient (Wildman–Crippen LogP) is 6.38. The Bertz CT molecular complexity index is 1950. The SMILES string of the molecule is Cc1cc(C(=O)N2CCC(C)(O)CC2)cc(C)c1/C=C/S(=O)(=O)N1CCC2(CC1)N=C(c1ccc(OCCCC(F)(F)C(F)(F)F)c(C(F)(F)F)c1)NC2=O. The third-order valence-electron chi connectivity index (χ3n) is 10.1. The molecule has 0 saturated carbocycles. The van der Waals surface area contributed by atoms with Crippen molar-refractivity contribution in [3.05, 3.63) is 69.1 Å². The number of ether oxygens (including phenoxy) is 1. The number of carbonyl (C=O) groups excluding carboxylic acids is 2. The number of amidine groups is 1. The van der Waals surface area contributed by atoms with Crippen molar-refractivity contribution in [3.63, 3.8) is 0 Å². The monoisotopic (exact) mass is 808 g/mol. The summed E-state index contributed by atoms with van der Waals surface area (Å²) in [5.74, 6) is -6.91. The number of aliphatic imine (C=N–C) groups is 1. The van der Waals surface area contributed by atoms with Gasteiger partial charge in [-0.15, -0.1) is 0 Å². The molecule has 0 atom stereocenters. The molecular formula is C36H40F8N4O6S. The summed E-state index contributed by atoms with van der Waals surface area (Å²) in [7, 11) is -4.01. The fraction of sp³-hybridized carbons (Fsp3) is 0.528. The molecule has 55 heavy (non-hydrogen) atoms. The summed E-state index contributed by atoms with van der Waals surface area (Å²) in [4.78, 5) is 32.3. The van der Waals surface area contributed by atoms with Crippen molar-refractivity contribution < 1.29 is 63.0 Å².